The van der Waals surface area contributed by atoms with E-state index in [9.17, 15) is 0 Å². The Morgan fingerprint density at radius 3 is 2.67 bits per heavy atom. The number of hydrogen-bond acceptors (Lipinski definition) is 2. The van der Waals surface area contributed by atoms with Crippen LogP contribution < -0.4 is 5.32 Å². The van der Waals surface area contributed by atoms with Crippen LogP contribution >= 0.6 is 0 Å². The van der Waals surface area contributed by atoms with Gasteiger partial charge in [-0.05, 0) is 0 Å². The van der Waals surface area contributed by atoms with Crippen LogP contribution in [0.5, 0.6) is 0 Å². The maximum absolute atomic E-state index is 4.36. The van der Waals surface area contributed by atoms with Gasteiger partial charge in [-0.25, -0.2) is 5.32 Å². The number of hydrogen-bond donors (Lipinski definition) is 0. The summed E-state index contributed by atoms with van der Waals surface area (Å²) in [5, 5.41) is 6.88. The lowest BCUT2D eigenvalue weighted by Crippen LogP contribution is -1.94. The minimum absolute atomic E-state index is 1.33. The first-order valence-electron chi connectivity index (χ1n) is 1.53. The summed E-state index contributed by atoms with van der Waals surface area (Å²) in [5.41, 5.74) is 0. The van der Waals surface area contributed by atoms with Crippen molar-refractivity contribution in [2.24, 2.45) is 5.16 Å². The van der Waals surface area contributed by atoms with Crippen LogP contribution in [-0.4, -0.2) is 6.34 Å². The van der Waals surface area contributed by atoms with E-state index in [1.54, 1.807) is 0 Å². The van der Waals surface area contributed by atoms with Crippen molar-refractivity contribution < 1.29 is 4.84 Å². The lowest BCUT2D eigenvalue weighted by Gasteiger charge is -1.90. The van der Waals surface area contributed by atoms with Crippen LogP contribution in [0.4, 0.5) is 0 Å². The molecule has 1 rings (SSSR count). The van der Waals surface area contributed by atoms with Gasteiger partial charge < -0.3 is 4.84 Å². The highest BCUT2D eigenvalue weighted by molar-refractivity contribution is 5.54. The molecule has 0 N–H and O–H groups in total. The van der Waals surface area contributed by atoms with Gasteiger partial charge in [0.2, 0.25) is 0 Å². The van der Waals surface area contributed by atoms with Gasteiger partial charge in [0.15, 0.2) is 6.34 Å². The minimum atomic E-state index is 1.33. The van der Waals surface area contributed by atoms with Crippen LogP contribution in [0.3, 0.4) is 0 Å². The Morgan fingerprint density at radius 2 is 2.50 bits per heavy atom. The first-order valence-corrected chi connectivity index (χ1v) is 1.53. The summed E-state index contributed by atoms with van der Waals surface area (Å²) < 4.78 is 0. The predicted molar refractivity (Wildman–Crippen MR) is 20.9 cm³/mol. The van der Waals surface area contributed by atoms with Gasteiger partial charge in [0, 0.05) is 0 Å². The van der Waals surface area contributed by atoms with Gasteiger partial charge >= 0.3 is 0 Å². The Kier molecular flexibility index (Phi) is 0.774. The van der Waals surface area contributed by atoms with Crippen molar-refractivity contribution in [1.82, 2.24) is 5.32 Å². The summed E-state index contributed by atoms with van der Waals surface area (Å²) in [7, 11) is 0. The average molecular weight is 83.1 g/mol. The predicted octanol–water partition coefficient (Wildman–Crippen LogP) is 0.0355. The standard InChI is InChI=1S/C3H3N2O/c1-2-6-5-3-4-1/h1-3H. The summed E-state index contributed by atoms with van der Waals surface area (Å²) in [6.07, 6.45) is 4.26. The minimum Gasteiger partial charge on any atom is -0.362 e. The quantitative estimate of drug-likeness (QED) is 0.407. The molecule has 1 radical (unpaired) electrons. The molecule has 0 spiro atoms. The second-order valence-corrected chi connectivity index (χ2v) is 0.761. The first kappa shape index (κ1) is 3.21. The molecule has 6 heavy (non-hydrogen) atoms. The molecule has 0 bridgehead atoms. The topological polar surface area (TPSA) is 35.7 Å². The molecule has 1 aliphatic heterocycles. The molecule has 0 fully saturated rings. The highest BCUT2D eigenvalue weighted by atomic mass is 16.6. The van der Waals surface area contributed by atoms with Crippen molar-refractivity contribution in [2.45, 2.75) is 0 Å². The summed E-state index contributed by atoms with van der Waals surface area (Å²) in [6.45, 7) is 0. The highest BCUT2D eigenvalue weighted by Gasteiger charge is 1.76. The van der Waals surface area contributed by atoms with Crippen LogP contribution in [0, 0.1) is 0 Å². The SMILES string of the molecule is C1=CON=C[N]1. The molecule has 1 heterocycles. The molecule has 3 nitrogen and oxygen atoms in total. The third-order valence-electron chi connectivity index (χ3n) is 0.382. The van der Waals surface area contributed by atoms with E-state index in [-0.39, 0.29) is 0 Å². The molecule has 0 amide bonds. The third-order valence-corrected chi connectivity index (χ3v) is 0.382. The molecule has 0 aromatic rings. The third kappa shape index (κ3) is 0.484. The molecule has 0 atom stereocenters. The van der Waals surface area contributed by atoms with Crippen molar-refractivity contribution in [3.63, 3.8) is 0 Å². The van der Waals surface area contributed by atoms with Gasteiger partial charge in [0.25, 0.3) is 0 Å². The molecule has 0 unspecified atom stereocenters. The molecule has 31 valence electrons. The molecule has 1 aliphatic rings. The van der Waals surface area contributed by atoms with Crippen molar-refractivity contribution >= 4 is 6.34 Å². The average Bonchev–Trinajstić information content (AvgIpc) is 1.72. The fourth-order valence-electron chi connectivity index (χ4n) is 0.190. The fourth-order valence-corrected chi connectivity index (χ4v) is 0.190. The number of rotatable bonds is 0. The monoisotopic (exact) mass is 83.0 g/mol. The zero-order valence-corrected chi connectivity index (χ0v) is 3.03. The van der Waals surface area contributed by atoms with E-state index in [2.05, 4.69) is 15.3 Å². The van der Waals surface area contributed by atoms with E-state index in [0.29, 0.717) is 0 Å². The summed E-state index contributed by atoms with van der Waals surface area (Å²) in [5.74, 6) is 0. The van der Waals surface area contributed by atoms with E-state index in [1.165, 1.54) is 18.8 Å². The smallest absolute Gasteiger partial charge is 0.155 e. The molecular weight excluding hydrogens is 80.0 g/mol. The van der Waals surface area contributed by atoms with Gasteiger partial charge in [-0.15, -0.1) is 0 Å². The maximum Gasteiger partial charge on any atom is 0.155 e. The molecule has 0 saturated heterocycles. The van der Waals surface area contributed by atoms with Crippen molar-refractivity contribution in [2.75, 3.05) is 0 Å². The molecular formula is C3H3N2O. The lowest BCUT2D eigenvalue weighted by molar-refractivity contribution is 0.262. The van der Waals surface area contributed by atoms with Gasteiger partial charge in [-0.2, -0.15) is 0 Å². The van der Waals surface area contributed by atoms with Crippen molar-refractivity contribution in [3.8, 4) is 0 Å². The zero-order valence-electron chi connectivity index (χ0n) is 3.03. The van der Waals surface area contributed by atoms with Gasteiger partial charge in [-0.1, -0.05) is 5.16 Å². The highest BCUT2D eigenvalue weighted by Crippen LogP contribution is 1.79. The van der Waals surface area contributed by atoms with Crippen molar-refractivity contribution in [1.29, 1.82) is 0 Å². The molecule has 0 aromatic heterocycles. The Bertz CT molecular complexity index is 66.8. The van der Waals surface area contributed by atoms with Crippen LogP contribution in [-0.2, 0) is 4.84 Å². The second kappa shape index (κ2) is 1.45. The molecule has 0 aromatic carbocycles. The molecule has 3 heteroatoms. The van der Waals surface area contributed by atoms with Gasteiger partial charge in [-0.3, -0.25) is 0 Å². The summed E-state index contributed by atoms with van der Waals surface area (Å²) >= 11 is 0. The van der Waals surface area contributed by atoms with E-state index in [0.717, 1.165) is 0 Å². The molecule has 0 saturated carbocycles. The molecule has 0 aliphatic carbocycles. The Balaban J connectivity index is 2.40. The first-order chi connectivity index (χ1) is 3.00. The fraction of sp³-hybridized carbons (Fsp3) is 0. The zero-order chi connectivity index (χ0) is 4.24. The van der Waals surface area contributed by atoms with E-state index < -0.39 is 0 Å². The van der Waals surface area contributed by atoms with Gasteiger partial charge in [0.05, 0.1) is 6.20 Å². The maximum atomic E-state index is 4.36. The number of oxime groups is 1. The van der Waals surface area contributed by atoms with Crippen LogP contribution in [0.25, 0.3) is 0 Å². The van der Waals surface area contributed by atoms with E-state index in [1.807, 2.05) is 0 Å². The lowest BCUT2D eigenvalue weighted by atomic mass is 10.9. The van der Waals surface area contributed by atoms with Crippen LogP contribution in [0.1, 0.15) is 0 Å². The second-order valence-electron chi connectivity index (χ2n) is 0.761. The van der Waals surface area contributed by atoms with Crippen LogP contribution in [0.15, 0.2) is 17.6 Å². The van der Waals surface area contributed by atoms with E-state index >= 15 is 0 Å². The Labute approximate surface area is 35.3 Å². The Morgan fingerprint density at radius 1 is 1.50 bits per heavy atom. The summed E-state index contributed by atoms with van der Waals surface area (Å²) in [4.78, 5) is 4.36. The van der Waals surface area contributed by atoms with E-state index in [4.69, 9.17) is 0 Å². The Hall–Kier alpha value is -0.990. The summed E-state index contributed by atoms with van der Waals surface area (Å²) in [6, 6.07) is 0. The normalized spacial score (nSPS) is 16.0. The van der Waals surface area contributed by atoms with Crippen LogP contribution in [0.2, 0.25) is 0 Å². The van der Waals surface area contributed by atoms with Gasteiger partial charge in [0.1, 0.15) is 6.26 Å². The van der Waals surface area contributed by atoms with Crippen molar-refractivity contribution in [3.05, 3.63) is 12.5 Å². The number of nitrogens with zero attached hydrogens (tertiary/aromatic N) is 2. The largest absolute Gasteiger partial charge is 0.362 e.